The van der Waals surface area contributed by atoms with Crippen LogP contribution in [0.1, 0.15) is 5.56 Å². The predicted molar refractivity (Wildman–Crippen MR) is 108 cm³/mol. The second-order valence-corrected chi connectivity index (χ2v) is 7.87. The predicted octanol–water partition coefficient (Wildman–Crippen LogP) is 2.84. The van der Waals surface area contributed by atoms with E-state index in [1.165, 1.54) is 17.7 Å². The number of piperazine rings is 1. The summed E-state index contributed by atoms with van der Waals surface area (Å²) in [4.78, 5) is 15.1. The monoisotopic (exact) mass is 416 g/mol. The number of aryl methyl sites for hydroxylation is 1. The molecule has 0 radical (unpaired) electrons. The highest BCUT2D eigenvalue weighted by atomic mass is 32.2. The summed E-state index contributed by atoms with van der Waals surface area (Å²) in [5.41, 5.74) is 2.08. The first-order valence-electron chi connectivity index (χ1n) is 8.97. The Balaban J connectivity index is 0.00000117. The zero-order valence-electron chi connectivity index (χ0n) is 16.0. The first-order chi connectivity index (χ1) is 14.1. The lowest BCUT2D eigenvalue weighted by Crippen LogP contribution is -2.47. The van der Waals surface area contributed by atoms with Crippen LogP contribution in [0.15, 0.2) is 57.9 Å². The topological polar surface area (TPSA) is 79.5 Å². The van der Waals surface area contributed by atoms with E-state index in [9.17, 15) is 8.60 Å². The number of benzene rings is 2. The molecule has 4 rings (SSSR count). The van der Waals surface area contributed by atoms with Gasteiger partial charge in [-0.25, -0.2) is 12.9 Å². The van der Waals surface area contributed by atoms with Crippen molar-refractivity contribution in [3.8, 4) is 11.4 Å². The van der Waals surface area contributed by atoms with Crippen LogP contribution in [0.25, 0.3) is 11.4 Å². The number of aromatic nitrogens is 2. The summed E-state index contributed by atoms with van der Waals surface area (Å²) >= 11 is 0. The Labute approximate surface area is 170 Å². The molecule has 0 spiro atoms. The zero-order valence-corrected chi connectivity index (χ0v) is 16.8. The smallest absolute Gasteiger partial charge is 0.322 e. The Bertz CT molecular complexity index is 955. The van der Waals surface area contributed by atoms with Gasteiger partial charge in [-0.05, 0) is 31.2 Å². The summed E-state index contributed by atoms with van der Waals surface area (Å²) in [6.07, 6.45) is 0. The number of nitrogens with zero attached hydrogens (tertiary/aromatic N) is 4. The van der Waals surface area contributed by atoms with E-state index < -0.39 is 11.0 Å². The SMILES string of the molecule is C=O.Cc1ccc(-c2noc(N3CCN(S(=O)c4ccc(F)cc4)CC3)n2)cc1. The molecule has 2 aromatic carbocycles. The quantitative estimate of drug-likeness (QED) is 0.651. The molecule has 1 saturated heterocycles. The van der Waals surface area contributed by atoms with Crippen molar-refractivity contribution >= 4 is 23.8 Å². The number of hydrogen-bond acceptors (Lipinski definition) is 6. The molecule has 0 N–H and O–H groups in total. The molecule has 1 aromatic heterocycles. The van der Waals surface area contributed by atoms with Gasteiger partial charge in [0.15, 0.2) is 0 Å². The third-order valence-electron chi connectivity index (χ3n) is 4.48. The highest BCUT2D eigenvalue weighted by molar-refractivity contribution is 7.82. The molecule has 7 nitrogen and oxygen atoms in total. The van der Waals surface area contributed by atoms with Crippen LogP contribution < -0.4 is 4.90 Å². The van der Waals surface area contributed by atoms with Crippen LogP contribution in [0.4, 0.5) is 10.4 Å². The van der Waals surface area contributed by atoms with Gasteiger partial charge < -0.3 is 14.2 Å². The lowest BCUT2D eigenvalue weighted by atomic mass is 10.1. The molecule has 152 valence electrons. The van der Waals surface area contributed by atoms with Gasteiger partial charge in [-0.3, -0.25) is 0 Å². The summed E-state index contributed by atoms with van der Waals surface area (Å²) < 4.78 is 32.9. The molecule has 1 atom stereocenters. The van der Waals surface area contributed by atoms with Crippen molar-refractivity contribution in [3.63, 3.8) is 0 Å². The second-order valence-electron chi connectivity index (χ2n) is 6.39. The first-order valence-corrected chi connectivity index (χ1v) is 10.1. The number of hydrogen-bond donors (Lipinski definition) is 0. The fourth-order valence-electron chi connectivity index (χ4n) is 2.91. The zero-order chi connectivity index (χ0) is 20.8. The molecule has 9 heteroatoms. The number of rotatable bonds is 4. The van der Waals surface area contributed by atoms with E-state index in [4.69, 9.17) is 9.32 Å². The van der Waals surface area contributed by atoms with Crippen molar-refractivity contribution in [3.05, 3.63) is 59.9 Å². The van der Waals surface area contributed by atoms with Crippen molar-refractivity contribution < 1.29 is 17.9 Å². The Kier molecular flexibility index (Phi) is 6.84. The highest BCUT2D eigenvalue weighted by Gasteiger charge is 2.25. The van der Waals surface area contributed by atoms with E-state index in [-0.39, 0.29) is 5.82 Å². The third kappa shape index (κ3) is 4.93. The lowest BCUT2D eigenvalue weighted by molar-refractivity contribution is -0.0979. The molecule has 3 aromatic rings. The molecule has 2 heterocycles. The van der Waals surface area contributed by atoms with Crippen LogP contribution in [0.2, 0.25) is 0 Å². The molecule has 0 aliphatic carbocycles. The maximum atomic E-state index is 13.0. The normalized spacial score (nSPS) is 15.4. The van der Waals surface area contributed by atoms with E-state index in [0.717, 1.165) is 5.56 Å². The summed E-state index contributed by atoms with van der Waals surface area (Å²) in [6, 6.07) is 14.2. The molecule has 1 aliphatic heterocycles. The lowest BCUT2D eigenvalue weighted by Gasteiger charge is -2.32. The summed E-state index contributed by atoms with van der Waals surface area (Å²) in [7, 11) is -1.30. The van der Waals surface area contributed by atoms with E-state index in [0.29, 0.717) is 42.9 Å². The van der Waals surface area contributed by atoms with Crippen molar-refractivity contribution in [1.82, 2.24) is 14.4 Å². The minimum Gasteiger partial charge on any atom is -0.322 e. The van der Waals surface area contributed by atoms with Crippen LogP contribution in [0.3, 0.4) is 0 Å². The van der Waals surface area contributed by atoms with Gasteiger partial charge in [0.25, 0.3) is 0 Å². The Morgan fingerprint density at radius 1 is 1.00 bits per heavy atom. The van der Waals surface area contributed by atoms with Crippen molar-refractivity contribution in [1.29, 1.82) is 0 Å². The van der Waals surface area contributed by atoms with Crippen LogP contribution in [0, 0.1) is 12.7 Å². The maximum absolute atomic E-state index is 13.0. The minimum atomic E-state index is -1.30. The molecule has 1 fully saturated rings. The highest BCUT2D eigenvalue weighted by Crippen LogP contribution is 2.22. The molecule has 0 saturated carbocycles. The molecule has 29 heavy (non-hydrogen) atoms. The first kappa shape index (κ1) is 20.8. The molecule has 1 aliphatic rings. The summed E-state index contributed by atoms with van der Waals surface area (Å²) in [5.74, 6) is 0.226. The summed E-state index contributed by atoms with van der Waals surface area (Å²) in [5, 5.41) is 4.06. The number of carbonyl (C=O) groups excluding carboxylic acids is 1. The molecule has 0 amide bonds. The van der Waals surface area contributed by atoms with Gasteiger partial charge in [0.05, 0.1) is 4.90 Å². The maximum Gasteiger partial charge on any atom is 0.324 e. The fourth-order valence-corrected chi connectivity index (χ4v) is 4.07. The van der Waals surface area contributed by atoms with Gasteiger partial charge >= 0.3 is 6.01 Å². The van der Waals surface area contributed by atoms with E-state index in [2.05, 4.69) is 10.1 Å². The Hall–Kier alpha value is -2.91. The standard InChI is InChI=1S/C19H19FN4O2S.CH2O/c1-14-2-4-15(5-3-14)18-21-19(26-22-18)23-10-12-24(13-11-23)27(25)17-8-6-16(20)7-9-17;1-2/h2-9H,10-13H2,1H3;1H2. The van der Waals surface area contributed by atoms with Gasteiger partial charge in [0.1, 0.15) is 23.6 Å². The van der Waals surface area contributed by atoms with Crippen LogP contribution in [-0.4, -0.2) is 51.6 Å². The molecule has 1 unspecified atom stereocenters. The van der Waals surface area contributed by atoms with Crippen LogP contribution in [0.5, 0.6) is 0 Å². The molecular weight excluding hydrogens is 395 g/mol. The van der Waals surface area contributed by atoms with E-state index in [1.54, 1.807) is 12.1 Å². The molecule has 0 bridgehead atoms. The number of anilines is 1. The van der Waals surface area contributed by atoms with Crippen molar-refractivity contribution in [2.45, 2.75) is 11.8 Å². The van der Waals surface area contributed by atoms with Gasteiger partial charge in [-0.1, -0.05) is 35.0 Å². The average Bonchev–Trinajstić information content (AvgIpc) is 3.26. The Morgan fingerprint density at radius 3 is 2.24 bits per heavy atom. The van der Waals surface area contributed by atoms with Gasteiger partial charge in [0, 0.05) is 31.7 Å². The molecular formula is C20H21FN4O3S. The largest absolute Gasteiger partial charge is 0.324 e. The third-order valence-corrected chi connectivity index (χ3v) is 5.99. The van der Waals surface area contributed by atoms with Gasteiger partial charge in [-0.2, -0.15) is 4.98 Å². The van der Waals surface area contributed by atoms with Gasteiger partial charge in [-0.15, -0.1) is 0 Å². The fraction of sp³-hybridized carbons (Fsp3) is 0.250. The van der Waals surface area contributed by atoms with Crippen molar-refractivity contribution in [2.75, 3.05) is 31.1 Å². The number of carbonyl (C=O) groups is 1. The summed E-state index contributed by atoms with van der Waals surface area (Å²) in [6.45, 7) is 6.46. The van der Waals surface area contributed by atoms with Crippen LogP contribution >= 0.6 is 0 Å². The van der Waals surface area contributed by atoms with E-state index in [1.807, 2.05) is 47.2 Å². The second kappa shape index (κ2) is 9.53. The van der Waals surface area contributed by atoms with E-state index >= 15 is 0 Å². The Morgan fingerprint density at radius 2 is 1.62 bits per heavy atom. The van der Waals surface area contributed by atoms with Gasteiger partial charge in [0.2, 0.25) is 5.82 Å². The minimum absolute atomic E-state index is 0.332. The average molecular weight is 416 g/mol. The van der Waals surface area contributed by atoms with Crippen molar-refractivity contribution in [2.24, 2.45) is 0 Å². The number of halogens is 1. The van der Waals surface area contributed by atoms with Crippen LogP contribution in [-0.2, 0) is 15.8 Å².